The van der Waals surface area contributed by atoms with Gasteiger partial charge in [0, 0.05) is 11.8 Å². The van der Waals surface area contributed by atoms with E-state index in [0.29, 0.717) is 16.9 Å². The minimum Gasteiger partial charge on any atom is -0.397 e. The van der Waals surface area contributed by atoms with Crippen LogP contribution in [0.25, 0.3) is 0 Å². The molecule has 0 saturated heterocycles. The highest BCUT2D eigenvalue weighted by Gasteiger charge is 2.15. The number of hydrogen-bond acceptors (Lipinski definition) is 3. The molecule has 3 heteroatoms. The van der Waals surface area contributed by atoms with Gasteiger partial charge in [0.15, 0.2) is 0 Å². The van der Waals surface area contributed by atoms with E-state index in [1.165, 1.54) is 0 Å². The summed E-state index contributed by atoms with van der Waals surface area (Å²) in [6, 6.07) is 9.06. The van der Waals surface area contributed by atoms with Crippen molar-refractivity contribution in [2.75, 3.05) is 5.73 Å². The zero-order valence-electron chi connectivity index (χ0n) is 9.90. The standard InChI is InChI=1S/C14H14N2O/c1-9-5-3-6-11(10(9)2)14(17)13-12(15)7-4-8-16-13/h3-8H,15H2,1-2H3. The minimum absolute atomic E-state index is 0.121. The average Bonchev–Trinajstić information content (AvgIpc) is 2.32. The third-order valence-electron chi connectivity index (χ3n) is 2.90. The van der Waals surface area contributed by atoms with Gasteiger partial charge in [-0.2, -0.15) is 0 Å². The van der Waals surface area contributed by atoms with E-state index in [1.807, 2.05) is 26.0 Å². The van der Waals surface area contributed by atoms with Crippen LogP contribution in [0.1, 0.15) is 27.2 Å². The van der Waals surface area contributed by atoms with Crippen molar-refractivity contribution in [3.05, 3.63) is 58.9 Å². The SMILES string of the molecule is Cc1cccc(C(=O)c2ncccc2N)c1C. The molecule has 0 saturated carbocycles. The lowest BCUT2D eigenvalue weighted by molar-refractivity contribution is 0.103. The molecule has 2 aromatic rings. The molecule has 2 N–H and O–H groups in total. The van der Waals surface area contributed by atoms with Crippen LogP contribution >= 0.6 is 0 Å². The Hall–Kier alpha value is -2.16. The molecule has 86 valence electrons. The van der Waals surface area contributed by atoms with Crippen LogP contribution in [0.3, 0.4) is 0 Å². The van der Waals surface area contributed by atoms with Gasteiger partial charge in [0.2, 0.25) is 5.78 Å². The molecule has 2 rings (SSSR count). The first-order chi connectivity index (χ1) is 8.11. The second-order valence-electron chi connectivity index (χ2n) is 4.02. The predicted octanol–water partition coefficient (Wildman–Crippen LogP) is 2.51. The van der Waals surface area contributed by atoms with Crippen LogP contribution in [0.5, 0.6) is 0 Å². The Labute approximate surface area is 100 Å². The van der Waals surface area contributed by atoms with Crippen LogP contribution in [-0.2, 0) is 0 Å². The number of aromatic nitrogens is 1. The first-order valence-corrected chi connectivity index (χ1v) is 5.42. The van der Waals surface area contributed by atoms with Crippen molar-refractivity contribution in [1.29, 1.82) is 0 Å². The summed E-state index contributed by atoms with van der Waals surface area (Å²) in [5.74, 6) is -0.121. The van der Waals surface area contributed by atoms with Gasteiger partial charge in [-0.15, -0.1) is 0 Å². The molecule has 17 heavy (non-hydrogen) atoms. The topological polar surface area (TPSA) is 56.0 Å². The Balaban J connectivity index is 2.52. The zero-order chi connectivity index (χ0) is 12.4. The summed E-state index contributed by atoms with van der Waals surface area (Å²) in [4.78, 5) is 16.3. The molecule has 0 amide bonds. The number of hydrogen-bond donors (Lipinski definition) is 1. The molecule has 1 aromatic heterocycles. The maximum atomic E-state index is 12.3. The van der Waals surface area contributed by atoms with E-state index < -0.39 is 0 Å². The fourth-order valence-electron chi connectivity index (χ4n) is 1.73. The number of nitrogens with two attached hydrogens (primary N) is 1. The molecule has 0 aliphatic heterocycles. The minimum atomic E-state index is -0.121. The molecule has 0 bridgehead atoms. The lowest BCUT2D eigenvalue weighted by atomic mass is 9.98. The summed E-state index contributed by atoms with van der Waals surface area (Å²) < 4.78 is 0. The van der Waals surface area contributed by atoms with Gasteiger partial charge in [0.25, 0.3) is 0 Å². The van der Waals surface area contributed by atoms with E-state index in [1.54, 1.807) is 24.4 Å². The molecule has 0 spiro atoms. The fourth-order valence-corrected chi connectivity index (χ4v) is 1.73. The van der Waals surface area contributed by atoms with Crippen LogP contribution in [0, 0.1) is 13.8 Å². The van der Waals surface area contributed by atoms with Crippen molar-refractivity contribution in [1.82, 2.24) is 4.98 Å². The lowest BCUT2D eigenvalue weighted by Gasteiger charge is -2.08. The quantitative estimate of drug-likeness (QED) is 0.800. The number of pyridine rings is 1. The first-order valence-electron chi connectivity index (χ1n) is 5.42. The molecule has 3 nitrogen and oxygen atoms in total. The Morgan fingerprint density at radius 2 is 1.94 bits per heavy atom. The second-order valence-corrected chi connectivity index (χ2v) is 4.02. The number of nitrogens with zero attached hydrogens (tertiary/aromatic N) is 1. The van der Waals surface area contributed by atoms with Crippen molar-refractivity contribution in [3.63, 3.8) is 0 Å². The summed E-state index contributed by atoms with van der Waals surface area (Å²) in [6.07, 6.45) is 1.58. The summed E-state index contributed by atoms with van der Waals surface area (Å²) in [5, 5.41) is 0. The van der Waals surface area contributed by atoms with Gasteiger partial charge in [-0.25, -0.2) is 0 Å². The number of nitrogen functional groups attached to an aromatic ring is 1. The Kier molecular flexibility index (Phi) is 2.91. The Morgan fingerprint density at radius 3 is 2.65 bits per heavy atom. The van der Waals surface area contributed by atoms with Crippen molar-refractivity contribution in [3.8, 4) is 0 Å². The maximum absolute atomic E-state index is 12.3. The van der Waals surface area contributed by atoms with Crippen LogP contribution in [0.15, 0.2) is 36.5 Å². The molecule has 1 aromatic carbocycles. The molecule has 1 heterocycles. The molecule has 0 atom stereocenters. The predicted molar refractivity (Wildman–Crippen MR) is 68.0 cm³/mol. The summed E-state index contributed by atoms with van der Waals surface area (Å²) >= 11 is 0. The van der Waals surface area contributed by atoms with Gasteiger partial charge < -0.3 is 5.73 Å². The summed E-state index contributed by atoms with van der Waals surface area (Å²) in [5.41, 5.74) is 9.22. The summed E-state index contributed by atoms with van der Waals surface area (Å²) in [6.45, 7) is 3.91. The zero-order valence-corrected chi connectivity index (χ0v) is 9.90. The number of anilines is 1. The van der Waals surface area contributed by atoms with Crippen LogP contribution < -0.4 is 5.73 Å². The van der Waals surface area contributed by atoms with E-state index in [0.717, 1.165) is 11.1 Å². The van der Waals surface area contributed by atoms with Crippen molar-refractivity contribution in [2.24, 2.45) is 0 Å². The number of ketones is 1. The van der Waals surface area contributed by atoms with E-state index in [2.05, 4.69) is 4.98 Å². The molecular weight excluding hydrogens is 212 g/mol. The van der Waals surface area contributed by atoms with Gasteiger partial charge in [-0.05, 0) is 37.1 Å². The molecular formula is C14H14N2O. The number of benzene rings is 1. The summed E-state index contributed by atoms with van der Waals surface area (Å²) in [7, 11) is 0. The third kappa shape index (κ3) is 2.04. The first kappa shape index (κ1) is 11.3. The number of carbonyl (C=O) groups excluding carboxylic acids is 1. The molecule has 0 aliphatic carbocycles. The van der Waals surface area contributed by atoms with E-state index >= 15 is 0 Å². The van der Waals surface area contributed by atoms with Gasteiger partial charge in [0.1, 0.15) is 5.69 Å². The van der Waals surface area contributed by atoms with Crippen LogP contribution in [-0.4, -0.2) is 10.8 Å². The highest BCUT2D eigenvalue weighted by atomic mass is 16.1. The van der Waals surface area contributed by atoms with Gasteiger partial charge in [-0.1, -0.05) is 18.2 Å². The number of aryl methyl sites for hydroxylation is 1. The highest BCUT2D eigenvalue weighted by molar-refractivity contribution is 6.11. The van der Waals surface area contributed by atoms with Crippen molar-refractivity contribution >= 4 is 11.5 Å². The number of carbonyl (C=O) groups is 1. The van der Waals surface area contributed by atoms with Gasteiger partial charge >= 0.3 is 0 Å². The highest BCUT2D eigenvalue weighted by Crippen LogP contribution is 2.18. The molecule has 0 fully saturated rings. The third-order valence-corrected chi connectivity index (χ3v) is 2.90. The number of rotatable bonds is 2. The molecule has 0 unspecified atom stereocenters. The second kappa shape index (κ2) is 4.37. The fraction of sp³-hybridized carbons (Fsp3) is 0.143. The lowest BCUT2D eigenvalue weighted by Crippen LogP contribution is -2.09. The normalized spacial score (nSPS) is 10.2. The van der Waals surface area contributed by atoms with Crippen LogP contribution in [0.2, 0.25) is 0 Å². The van der Waals surface area contributed by atoms with Crippen molar-refractivity contribution in [2.45, 2.75) is 13.8 Å². The largest absolute Gasteiger partial charge is 0.397 e. The average molecular weight is 226 g/mol. The smallest absolute Gasteiger partial charge is 0.213 e. The molecule has 0 radical (unpaired) electrons. The van der Waals surface area contributed by atoms with Crippen molar-refractivity contribution < 1.29 is 4.79 Å². The monoisotopic (exact) mass is 226 g/mol. The van der Waals surface area contributed by atoms with Gasteiger partial charge in [0.05, 0.1) is 5.69 Å². The Bertz CT molecular complexity index is 576. The van der Waals surface area contributed by atoms with E-state index in [4.69, 9.17) is 5.73 Å². The van der Waals surface area contributed by atoms with Gasteiger partial charge in [-0.3, -0.25) is 9.78 Å². The maximum Gasteiger partial charge on any atom is 0.213 e. The van der Waals surface area contributed by atoms with E-state index in [-0.39, 0.29) is 5.78 Å². The van der Waals surface area contributed by atoms with E-state index in [9.17, 15) is 4.79 Å². The molecule has 0 aliphatic rings. The Morgan fingerprint density at radius 1 is 1.18 bits per heavy atom. The van der Waals surface area contributed by atoms with Crippen LogP contribution in [0.4, 0.5) is 5.69 Å².